The SMILES string of the molecule is CCNC(=NCc1ccccc1COC)N1CCOC(C2CCCO2)C1. The Bertz CT molecular complexity index is 587. The molecule has 2 saturated heterocycles. The van der Waals surface area contributed by atoms with Gasteiger partial charge in [-0.25, -0.2) is 4.99 Å². The van der Waals surface area contributed by atoms with Crippen molar-refractivity contribution in [3.8, 4) is 0 Å². The summed E-state index contributed by atoms with van der Waals surface area (Å²) in [5, 5.41) is 3.43. The van der Waals surface area contributed by atoms with Crippen LogP contribution in [0.5, 0.6) is 0 Å². The van der Waals surface area contributed by atoms with Gasteiger partial charge in [0.2, 0.25) is 0 Å². The van der Waals surface area contributed by atoms with Crippen LogP contribution in [0.25, 0.3) is 0 Å². The van der Waals surface area contributed by atoms with Crippen LogP contribution in [0.3, 0.4) is 0 Å². The van der Waals surface area contributed by atoms with E-state index in [0.29, 0.717) is 13.2 Å². The summed E-state index contributed by atoms with van der Waals surface area (Å²) in [6.45, 7) is 7.47. The van der Waals surface area contributed by atoms with Gasteiger partial charge in [-0.15, -0.1) is 0 Å². The molecule has 3 rings (SSSR count). The number of hydrogen-bond acceptors (Lipinski definition) is 4. The van der Waals surface area contributed by atoms with E-state index in [4.69, 9.17) is 19.2 Å². The molecule has 2 aliphatic heterocycles. The zero-order chi connectivity index (χ0) is 18.2. The van der Waals surface area contributed by atoms with Gasteiger partial charge < -0.3 is 24.4 Å². The third kappa shape index (κ3) is 4.96. The minimum absolute atomic E-state index is 0.135. The maximum Gasteiger partial charge on any atom is 0.194 e. The topological polar surface area (TPSA) is 55.3 Å². The zero-order valence-electron chi connectivity index (χ0n) is 15.9. The number of aliphatic imine (C=N–C) groups is 1. The Morgan fingerprint density at radius 3 is 2.77 bits per heavy atom. The normalized spacial score (nSPS) is 24.1. The van der Waals surface area contributed by atoms with Gasteiger partial charge >= 0.3 is 0 Å². The number of nitrogens with one attached hydrogen (secondary N) is 1. The second kappa shape index (κ2) is 9.90. The van der Waals surface area contributed by atoms with Gasteiger partial charge in [-0.1, -0.05) is 24.3 Å². The van der Waals surface area contributed by atoms with Gasteiger partial charge in [0.15, 0.2) is 5.96 Å². The van der Waals surface area contributed by atoms with Gasteiger partial charge in [0.05, 0.1) is 25.9 Å². The van der Waals surface area contributed by atoms with Gasteiger partial charge in [0, 0.05) is 33.4 Å². The molecule has 0 aliphatic carbocycles. The van der Waals surface area contributed by atoms with E-state index in [-0.39, 0.29) is 12.2 Å². The lowest BCUT2D eigenvalue weighted by Gasteiger charge is -2.37. The number of nitrogens with zero attached hydrogens (tertiary/aromatic N) is 2. The Morgan fingerprint density at radius 2 is 2.04 bits per heavy atom. The first-order valence-corrected chi connectivity index (χ1v) is 9.64. The fourth-order valence-corrected chi connectivity index (χ4v) is 3.58. The molecule has 2 fully saturated rings. The van der Waals surface area contributed by atoms with E-state index < -0.39 is 0 Å². The van der Waals surface area contributed by atoms with E-state index in [0.717, 1.165) is 51.6 Å². The number of guanidine groups is 1. The summed E-state index contributed by atoms with van der Waals surface area (Å²) in [6.07, 6.45) is 2.59. The summed E-state index contributed by atoms with van der Waals surface area (Å²) in [5.41, 5.74) is 2.39. The molecule has 0 saturated carbocycles. The molecule has 0 amide bonds. The highest BCUT2D eigenvalue weighted by molar-refractivity contribution is 5.80. The van der Waals surface area contributed by atoms with Crippen molar-refractivity contribution in [2.24, 2.45) is 4.99 Å². The van der Waals surface area contributed by atoms with Crippen LogP contribution in [0.2, 0.25) is 0 Å². The molecule has 6 nitrogen and oxygen atoms in total. The predicted octanol–water partition coefficient (Wildman–Crippen LogP) is 2.18. The largest absolute Gasteiger partial charge is 0.380 e. The smallest absolute Gasteiger partial charge is 0.194 e. The first kappa shape index (κ1) is 19.1. The molecule has 1 N–H and O–H groups in total. The molecular formula is C20H31N3O3. The summed E-state index contributed by atoms with van der Waals surface area (Å²) in [5.74, 6) is 0.950. The fourth-order valence-electron chi connectivity index (χ4n) is 3.58. The molecule has 2 heterocycles. The lowest BCUT2D eigenvalue weighted by Crippen LogP contribution is -2.53. The zero-order valence-corrected chi connectivity index (χ0v) is 15.9. The summed E-state index contributed by atoms with van der Waals surface area (Å²) in [4.78, 5) is 7.19. The molecule has 6 heteroatoms. The van der Waals surface area contributed by atoms with Crippen molar-refractivity contribution < 1.29 is 14.2 Å². The number of methoxy groups -OCH3 is 1. The van der Waals surface area contributed by atoms with E-state index in [2.05, 4.69) is 35.3 Å². The van der Waals surface area contributed by atoms with Gasteiger partial charge in [0.25, 0.3) is 0 Å². The number of morpholine rings is 1. The molecular weight excluding hydrogens is 330 g/mol. The Labute approximate surface area is 156 Å². The van der Waals surface area contributed by atoms with Crippen LogP contribution in [-0.4, -0.2) is 63.0 Å². The van der Waals surface area contributed by atoms with Gasteiger partial charge in [-0.3, -0.25) is 0 Å². The Hall–Kier alpha value is -1.63. The van der Waals surface area contributed by atoms with Crippen LogP contribution in [0.15, 0.2) is 29.3 Å². The highest BCUT2D eigenvalue weighted by Crippen LogP contribution is 2.21. The lowest BCUT2D eigenvalue weighted by molar-refractivity contribution is -0.0817. The lowest BCUT2D eigenvalue weighted by atomic mass is 10.1. The average molecular weight is 361 g/mol. The van der Waals surface area contributed by atoms with Crippen LogP contribution in [0.4, 0.5) is 0 Å². The molecule has 0 bridgehead atoms. The second-order valence-electron chi connectivity index (χ2n) is 6.78. The first-order valence-electron chi connectivity index (χ1n) is 9.64. The fraction of sp³-hybridized carbons (Fsp3) is 0.650. The monoisotopic (exact) mass is 361 g/mol. The number of rotatable bonds is 6. The van der Waals surface area contributed by atoms with Crippen molar-refractivity contribution in [3.05, 3.63) is 35.4 Å². The third-order valence-corrected chi connectivity index (χ3v) is 4.92. The van der Waals surface area contributed by atoms with Crippen LogP contribution in [0, 0.1) is 0 Å². The summed E-state index contributed by atoms with van der Waals surface area (Å²) >= 11 is 0. The van der Waals surface area contributed by atoms with Crippen molar-refractivity contribution in [2.45, 2.75) is 45.1 Å². The van der Waals surface area contributed by atoms with Crippen LogP contribution >= 0.6 is 0 Å². The number of hydrogen-bond donors (Lipinski definition) is 1. The summed E-state index contributed by atoms with van der Waals surface area (Å²) < 4.78 is 17.1. The van der Waals surface area contributed by atoms with E-state index in [1.165, 1.54) is 11.1 Å². The standard InChI is InChI=1S/C20H31N3O3/c1-3-21-20(22-13-16-7-4-5-8-17(16)15-24-2)23-10-12-26-19(14-23)18-9-6-11-25-18/h4-5,7-8,18-19H,3,6,9-15H2,1-2H3,(H,21,22). The van der Waals surface area contributed by atoms with Gasteiger partial charge in [-0.05, 0) is 30.9 Å². The van der Waals surface area contributed by atoms with Crippen LogP contribution < -0.4 is 5.32 Å². The van der Waals surface area contributed by atoms with Crippen LogP contribution in [0.1, 0.15) is 30.9 Å². The third-order valence-electron chi connectivity index (χ3n) is 4.92. The molecule has 2 aliphatic rings. The molecule has 144 valence electrons. The summed E-state index contributed by atoms with van der Waals surface area (Å²) in [6, 6.07) is 8.32. The summed E-state index contributed by atoms with van der Waals surface area (Å²) in [7, 11) is 1.73. The molecule has 1 aromatic carbocycles. The molecule has 1 aromatic rings. The minimum Gasteiger partial charge on any atom is -0.380 e. The van der Waals surface area contributed by atoms with Crippen LogP contribution in [-0.2, 0) is 27.4 Å². The Kier molecular flexibility index (Phi) is 7.29. The highest BCUT2D eigenvalue weighted by Gasteiger charge is 2.32. The first-order chi connectivity index (χ1) is 12.8. The molecule has 0 radical (unpaired) electrons. The van der Waals surface area contributed by atoms with Crippen molar-refractivity contribution in [1.82, 2.24) is 10.2 Å². The van der Waals surface area contributed by atoms with Gasteiger partial charge in [-0.2, -0.15) is 0 Å². The Balaban J connectivity index is 1.68. The van der Waals surface area contributed by atoms with Crippen molar-refractivity contribution in [1.29, 1.82) is 0 Å². The van der Waals surface area contributed by atoms with E-state index in [1.807, 2.05) is 6.07 Å². The number of benzene rings is 1. The molecule has 0 aromatic heterocycles. The highest BCUT2D eigenvalue weighted by atomic mass is 16.5. The van der Waals surface area contributed by atoms with Crippen molar-refractivity contribution in [3.63, 3.8) is 0 Å². The van der Waals surface area contributed by atoms with E-state index in [9.17, 15) is 0 Å². The minimum atomic E-state index is 0.135. The number of ether oxygens (including phenoxy) is 3. The molecule has 26 heavy (non-hydrogen) atoms. The Morgan fingerprint density at radius 1 is 1.23 bits per heavy atom. The quantitative estimate of drug-likeness (QED) is 0.622. The van der Waals surface area contributed by atoms with Crippen molar-refractivity contribution >= 4 is 5.96 Å². The molecule has 2 atom stereocenters. The van der Waals surface area contributed by atoms with Crippen molar-refractivity contribution in [2.75, 3.05) is 40.0 Å². The van der Waals surface area contributed by atoms with E-state index >= 15 is 0 Å². The van der Waals surface area contributed by atoms with E-state index in [1.54, 1.807) is 7.11 Å². The maximum atomic E-state index is 5.97. The average Bonchev–Trinajstić information content (AvgIpc) is 3.21. The molecule has 0 spiro atoms. The predicted molar refractivity (Wildman–Crippen MR) is 102 cm³/mol. The maximum absolute atomic E-state index is 5.97. The second-order valence-corrected chi connectivity index (χ2v) is 6.78. The van der Waals surface area contributed by atoms with Gasteiger partial charge in [0.1, 0.15) is 6.10 Å². The molecule has 2 unspecified atom stereocenters.